The van der Waals surface area contributed by atoms with Gasteiger partial charge in [-0.05, 0) is 32.3 Å². The number of carbonyl (C=O) groups excluding carboxylic acids is 2. The van der Waals surface area contributed by atoms with Crippen molar-refractivity contribution >= 4 is 29.1 Å². The molecule has 6 nitrogen and oxygen atoms in total. The van der Waals surface area contributed by atoms with Crippen LogP contribution in [0.1, 0.15) is 6.42 Å². The first-order valence-corrected chi connectivity index (χ1v) is 7.86. The number of likely N-dealkylation sites (N-methyl/N-ethyl adjacent to an activating group) is 1. The van der Waals surface area contributed by atoms with E-state index >= 15 is 0 Å². The number of carbonyl (C=O) groups is 2. The minimum absolute atomic E-state index is 0.0938. The van der Waals surface area contributed by atoms with Crippen molar-refractivity contribution in [2.45, 2.75) is 6.42 Å². The molecule has 0 spiro atoms. The van der Waals surface area contributed by atoms with Gasteiger partial charge in [0.25, 0.3) is 0 Å². The minimum Gasteiger partial charge on any atom is -0.495 e. The van der Waals surface area contributed by atoms with E-state index in [-0.39, 0.29) is 24.2 Å². The number of nitrogens with zero attached hydrogens (tertiary/aromatic N) is 2. The Balaban J connectivity index is 2.05. The highest BCUT2D eigenvalue weighted by Crippen LogP contribution is 2.35. The maximum absolute atomic E-state index is 12.3. The van der Waals surface area contributed by atoms with Crippen LogP contribution in [-0.2, 0) is 9.59 Å². The maximum atomic E-state index is 12.3. The van der Waals surface area contributed by atoms with Crippen molar-refractivity contribution in [3.63, 3.8) is 0 Å². The van der Waals surface area contributed by atoms with Crippen molar-refractivity contribution in [3.05, 3.63) is 23.2 Å². The van der Waals surface area contributed by atoms with Crippen LogP contribution in [0.3, 0.4) is 0 Å². The number of nitrogens with one attached hydrogen (secondary N) is 1. The Kier molecular flexibility index (Phi) is 5.85. The zero-order valence-electron chi connectivity index (χ0n) is 13.6. The van der Waals surface area contributed by atoms with Gasteiger partial charge in [0.2, 0.25) is 11.8 Å². The Bertz CT molecular complexity index is 592. The number of anilines is 1. The number of hydrogen-bond acceptors (Lipinski definition) is 4. The number of amides is 2. The lowest BCUT2D eigenvalue weighted by atomic mass is 10.1. The molecule has 1 N–H and O–H groups in total. The SMILES string of the molecule is COc1ccc(Cl)cc1N1CC(C(=O)NCCN(C)C)CC1=O. The van der Waals surface area contributed by atoms with Gasteiger partial charge >= 0.3 is 0 Å². The van der Waals surface area contributed by atoms with E-state index in [1.165, 1.54) is 0 Å². The van der Waals surface area contributed by atoms with Crippen LogP contribution < -0.4 is 15.0 Å². The van der Waals surface area contributed by atoms with Crippen LogP contribution in [0.5, 0.6) is 5.75 Å². The van der Waals surface area contributed by atoms with Crippen LogP contribution in [0, 0.1) is 5.92 Å². The molecular weight excluding hydrogens is 318 g/mol. The van der Waals surface area contributed by atoms with Crippen molar-refractivity contribution in [1.82, 2.24) is 10.2 Å². The van der Waals surface area contributed by atoms with E-state index in [0.29, 0.717) is 29.5 Å². The number of rotatable bonds is 6. The second kappa shape index (κ2) is 7.66. The van der Waals surface area contributed by atoms with Gasteiger partial charge in [-0.1, -0.05) is 11.6 Å². The van der Waals surface area contributed by atoms with Gasteiger partial charge in [0.05, 0.1) is 18.7 Å². The van der Waals surface area contributed by atoms with Crippen LogP contribution in [0.2, 0.25) is 5.02 Å². The molecule has 2 rings (SSSR count). The summed E-state index contributed by atoms with van der Waals surface area (Å²) < 4.78 is 5.29. The highest BCUT2D eigenvalue weighted by molar-refractivity contribution is 6.31. The van der Waals surface area contributed by atoms with Gasteiger partial charge in [-0.3, -0.25) is 9.59 Å². The third-order valence-electron chi connectivity index (χ3n) is 3.79. The lowest BCUT2D eigenvalue weighted by Crippen LogP contribution is -2.36. The number of halogens is 1. The van der Waals surface area contributed by atoms with Gasteiger partial charge in [0.15, 0.2) is 0 Å². The third-order valence-corrected chi connectivity index (χ3v) is 4.02. The summed E-state index contributed by atoms with van der Waals surface area (Å²) in [5.41, 5.74) is 0.605. The van der Waals surface area contributed by atoms with Crippen LogP contribution in [0.15, 0.2) is 18.2 Å². The lowest BCUT2D eigenvalue weighted by molar-refractivity contribution is -0.126. The molecule has 1 heterocycles. The third kappa shape index (κ3) is 4.36. The average molecular weight is 340 g/mol. The number of methoxy groups -OCH3 is 1. The fourth-order valence-electron chi connectivity index (χ4n) is 2.54. The van der Waals surface area contributed by atoms with E-state index in [1.807, 2.05) is 19.0 Å². The Labute approximate surface area is 141 Å². The van der Waals surface area contributed by atoms with Crippen LogP contribution in [-0.4, -0.2) is 57.6 Å². The second-order valence-electron chi connectivity index (χ2n) is 5.82. The standard InChI is InChI=1S/C16H22ClN3O3/c1-19(2)7-6-18-16(22)11-8-15(21)20(10-11)13-9-12(17)4-5-14(13)23-3/h4-5,9,11H,6-8,10H2,1-3H3,(H,18,22). The first kappa shape index (κ1) is 17.6. The molecule has 1 saturated heterocycles. The van der Waals surface area contributed by atoms with Crippen LogP contribution in [0.25, 0.3) is 0 Å². The van der Waals surface area contributed by atoms with Crippen molar-refractivity contribution < 1.29 is 14.3 Å². The maximum Gasteiger partial charge on any atom is 0.227 e. The van der Waals surface area contributed by atoms with E-state index in [0.717, 1.165) is 6.54 Å². The molecule has 1 aromatic carbocycles. The van der Waals surface area contributed by atoms with Crippen molar-refractivity contribution in [3.8, 4) is 5.75 Å². The molecule has 126 valence electrons. The number of ether oxygens (including phenoxy) is 1. The molecule has 23 heavy (non-hydrogen) atoms. The molecule has 1 fully saturated rings. The summed E-state index contributed by atoms with van der Waals surface area (Å²) in [5.74, 6) is 0.0202. The largest absolute Gasteiger partial charge is 0.495 e. The van der Waals surface area contributed by atoms with Crippen molar-refractivity contribution in [2.24, 2.45) is 5.92 Å². The second-order valence-corrected chi connectivity index (χ2v) is 6.25. The molecule has 1 unspecified atom stereocenters. The van der Waals surface area contributed by atoms with Crippen molar-refractivity contribution in [2.75, 3.05) is 45.7 Å². The molecule has 7 heteroatoms. The minimum atomic E-state index is -0.353. The highest BCUT2D eigenvalue weighted by atomic mass is 35.5. The Morgan fingerprint density at radius 1 is 1.48 bits per heavy atom. The summed E-state index contributed by atoms with van der Waals surface area (Å²) in [6.45, 7) is 1.67. The number of hydrogen-bond donors (Lipinski definition) is 1. The molecule has 1 aliphatic heterocycles. The normalized spacial score (nSPS) is 17.7. The van der Waals surface area contributed by atoms with Gasteiger partial charge in [0.1, 0.15) is 5.75 Å². The highest BCUT2D eigenvalue weighted by Gasteiger charge is 2.36. The van der Waals surface area contributed by atoms with Gasteiger partial charge in [-0.15, -0.1) is 0 Å². The molecule has 2 amide bonds. The summed E-state index contributed by atoms with van der Waals surface area (Å²) in [4.78, 5) is 28.1. The predicted octanol–water partition coefficient (Wildman–Crippen LogP) is 1.38. The Morgan fingerprint density at radius 2 is 2.22 bits per heavy atom. The summed E-state index contributed by atoms with van der Waals surface area (Å²) in [6.07, 6.45) is 0.198. The van der Waals surface area contributed by atoms with E-state index in [2.05, 4.69) is 5.32 Å². The lowest BCUT2D eigenvalue weighted by Gasteiger charge is -2.20. The monoisotopic (exact) mass is 339 g/mol. The van der Waals surface area contributed by atoms with Crippen LogP contribution in [0.4, 0.5) is 5.69 Å². The topological polar surface area (TPSA) is 61.9 Å². The Morgan fingerprint density at radius 3 is 2.87 bits per heavy atom. The predicted molar refractivity (Wildman–Crippen MR) is 90.0 cm³/mol. The fourth-order valence-corrected chi connectivity index (χ4v) is 2.70. The molecule has 0 aliphatic carbocycles. The fraction of sp³-hybridized carbons (Fsp3) is 0.500. The first-order chi connectivity index (χ1) is 10.9. The molecule has 0 saturated carbocycles. The zero-order valence-corrected chi connectivity index (χ0v) is 14.4. The van der Waals surface area contributed by atoms with E-state index in [1.54, 1.807) is 30.2 Å². The summed E-state index contributed by atoms with van der Waals surface area (Å²) in [7, 11) is 5.43. The summed E-state index contributed by atoms with van der Waals surface area (Å²) in [5, 5.41) is 3.39. The average Bonchev–Trinajstić information content (AvgIpc) is 2.88. The smallest absolute Gasteiger partial charge is 0.227 e. The number of benzene rings is 1. The molecule has 0 aromatic heterocycles. The molecule has 0 bridgehead atoms. The quantitative estimate of drug-likeness (QED) is 0.850. The summed E-state index contributed by atoms with van der Waals surface area (Å²) >= 11 is 6.02. The molecule has 0 radical (unpaired) electrons. The molecular formula is C16H22ClN3O3. The van der Waals surface area contributed by atoms with Crippen molar-refractivity contribution in [1.29, 1.82) is 0 Å². The van der Waals surface area contributed by atoms with Gasteiger partial charge < -0.3 is 19.9 Å². The van der Waals surface area contributed by atoms with Gasteiger partial charge in [-0.25, -0.2) is 0 Å². The van der Waals surface area contributed by atoms with E-state index in [9.17, 15) is 9.59 Å². The van der Waals surface area contributed by atoms with Gasteiger partial charge in [-0.2, -0.15) is 0 Å². The van der Waals surface area contributed by atoms with E-state index < -0.39 is 0 Å². The van der Waals surface area contributed by atoms with Gasteiger partial charge in [0, 0.05) is 31.1 Å². The first-order valence-electron chi connectivity index (χ1n) is 7.48. The molecule has 1 atom stereocenters. The van der Waals surface area contributed by atoms with Crippen LogP contribution >= 0.6 is 11.6 Å². The zero-order chi connectivity index (χ0) is 17.0. The molecule has 1 aliphatic rings. The Hall–Kier alpha value is -1.79. The summed E-state index contributed by atoms with van der Waals surface area (Å²) in [6, 6.07) is 5.11. The molecule has 1 aromatic rings. The van der Waals surface area contributed by atoms with E-state index in [4.69, 9.17) is 16.3 Å².